The summed E-state index contributed by atoms with van der Waals surface area (Å²) >= 11 is 6.42. The monoisotopic (exact) mass is 308 g/mol. The zero-order valence-corrected chi connectivity index (χ0v) is 9.85. The smallest absolute Gasteiger partial charge is 0.236 e. The third-order valence-electron chi connectivity index (χ3n) is 1.08. The van der Waals surface area contributed by atoms with Crippen molar-refractivity contribution in [2.45, 2.75) is 6.92 Å². The molecule has 4 nitrogen and oxygen atoms in total. The van der Waals surface area contributed by atoms with E-state index in [1.165, 1.54) is 13.1 Å². The molecule has 1 rings (SSSR count). The van der Waals surface area contributed by atoms with E-state index in [1.807, 2.05) is 0 Å². The number of carbonyl (C=O) groups excluding carboxylic acids is 1. The van der Waals surface area contributed by atoms with Crippen molar-refractivity contribution < 1.29 is 9.21 Å². The Morgan fingerprint density at radius 2 is 2.38 bits per heavy atom. The van der Waals surface area contributed by atoms with Gasteiger partial charge in [0.15, 0.2) is 4.67 Å². The van der Waals surface area contributed by atoms with Crippen LogP contribution in [0.1, 0.15) is 12.7 Å². The molecule has 0 atom stereocenters. The number of rotatable bonds is 2. The maximum Gasteiger partial charge on any atom is 0.236 e. The van der Waals surface area contributed by atoms with Crippen LogP contribution in [0, 0.1) is 0 Å². The molecule has 1 amide bonds. The molecule has 0 saturated heterocycles. The second-order valence-electron chi connectivity index (χ2n) is 2.20. The predicted octanol–water partition coefficient (Wildman–Crippen LogP) is 2.27. The van der Waals surface area contributed by atoms with Gasteiger partial charge in [-0.15, -0.1) is 0 Å². The normalized spacial score (nSPS) is 10.7. The summed E-state index contributed by atoms with van der Waals surface area (Å²) in [4.78, 5) is 10.4. The lowest BCUT2D eigenvalue weighted by Gasteiger charge is -1.88. The standard InChI is InChI=1S/C7H6Br2N2O2/c1-4(12)11-10-3-5-2-6(8)7(9)13-5/h2-3H,1H3,(H,11,12)/b10-3-. The van der Waals surface area contributed by atoms with Crippen LogP contribution in [0.5, 0.6) is 0 Å². The molecule has 0 aliphatic heterocycles. The quantitative estimate of drug-likeness (QED) is 0.673. The van der Waals surface area contributed by atoms with Crippen molar-refractivity contribution in [3.8, 4) is 0 Å². The Labute approximate surface area is 91.6 Å². The molecular weight excluding hydrogens is 304 g/mol. The minimum absolute atomic E-state index is 0.221. The number of furan rings is 1. The average Bonchev–Trinajstić information content (AvgIpc) is 2.30. The van der Waals surface area contributed by atoms with Crippen LogP contribution in [-0.2, 0) is 4.79 Å². The van der Waals surface area contributed by atoms with E-state index in [4.69, 9.17) is 4.42 Å². The highest BCUT2D eigenvalue weighted by Gasteiger charge is 2.02. The second-order valence-corrected chi connectivity index (χ2v) is 3.77. The van der Waals surface area contributed by atoms with Gasteiger partial charge in [0.25, 0.3) is 0 Å². The molecule has 1 N–H and O–H groups in total. The number of hydrazone groups is 1. The molecule has 0 radical (unpaired) electrons. The minimum Gasteiger partial charge on any atom is -0.447 e. The maximum absolute atomic E-state index is 10.4. The van der Waals surface area contributed by atoms with Crippen LogP contribution in [0.2, 0.25) is 0 Å². The molecule has 0 aliphatic rings. The molecule has 6 heteroatoms. The maximum atomic E-state index is 10.4. The van der Waals surface area contributed by atoms with Gasteiger partial charge >= 0.3 is 0 Å². The van der Waals surface area contributed by atoms with Gasteiger partial charge in [-0.25, -0.2) is 5.43 Å². The molecule has 70 valence electrons. The number of carbonyl (C=O) groups is 1. The molecule has 13 heavy (non-hydrogen) atoms. The van der Waals surface area contributed by atoms with Crippen LogP contribution in [0.15, 0.2) is 24.7 Å². The van der Waals surface area contributed by atoms with Crippen molar-refractivity contribution in [2.75, 3.05) is 0 Å². The Morgan fingerprint density at radius 1 is 1.69 bits per heavy atom. The molecule has 0 aromatic carbocycles. The van der Waals surface area contributed by atoms with Crippen molar-refractivity contribution in [1.29, 1.82) is 0 Å². The Kier molecular flexibility index (Phi) is 3.68. The summed E-state index contributed by atoms with van der Waals surface area (Å²) < 4.78 is 6.56. The first kappa shape index (κ1) is 10.5. The highest BCUT2D eigenvalue weighted by molar-refractivity contribution is 9.13. The van der Waals surface area contributed by atoms with E-state index in [2.05, 4.69) is 42.4 Å². The molecule has 0 saturated carbocycles. The number of nitrogens with one attached hydrogen (secondary N) is 1. The van der Waals surface area contributed by atoms with E-state index in [-0.39, 0.29) is 5.91 Å². The molecular formula is C7H6Br2N2O2. The number of amides is 1. The van der Waals surface area contributed by atoms with Gasteiger partial charge in [-0.05, 0) is 31.9 Å². The topological polar surface area (TPSA) is 54.6 Å². The Balaban J connectivity index is 2.64. The van der Waals surface area contributed by atoms with Gasteiger partial charge in [-0.2, -0.15) is 5.10 Å². The Bertz CT molecular complexity index is 327. The molecule has 1 aromatic rings. The van der Waals surface area contributed by atoms with Gasteiger partial charge in [-0.1, -0.05) is 0 Å². The Hall–Kier alpha value is -0.620. The van der Waals surface area contributed by atoms with Gasteiger partial charge in [0.1, 0.15) is 5.76 Å². The van der Waals surface area contributed by atoms with Crippen molar-refractivity contribution >= 4 is 44.0 Å². The fourth-order valence-electron chi connectivity index (χ4n) is 0.614. The third kappa shape index (κ3) is 3.31. The second kappa shape index (κ2) is 4.57. The molecule has 1 aromatic heterocycles. The molecule has 0 bridgehead atoms. The third-order valence-corrected chi connectivity index (χ3v) is 2.79. The SMILES string of the molecule is CC(=O)N/N=C\c1cc(Br)c(Br)o1. The number of hydrogen-bond donors (Lipinski definition) is 1. The van der Waals surface area contributed by atoms with E-state index in [1.54, 1.807) is 6.07 Å². The van der Waals surface area contributed by atoms with Crippen LogP contribution in [-0.4, -0.2) is 12.1 Å². The van der Waals surface area contributed by atoms with Crippen molar-refractivity contribution in [1.82, 2.24) is 5.43 Å². The van der Waals surface area contributed by atoms with Crippen LogP contribution < -0.4 is 5.43 Å². The lowest BCUT2D eigenvalue weighted by molar-refractivity contribution is -0.118. The van der Waals surface area contributed by atoms with Crippen LogP contribution in [0.3, 0.4) is 0 Å². The highest BCUT2D eigenvalue weighted by Crippen LogP contribution is 2.25. The predicted molar refractivity (Wildman–Crippen MR) is 55.5 cm³/mol. The van der Waals surface area contributed by atoms with Gasteiger partial charge in [0, 0.05) is 13.0 Å². The summed E-state index contributed by atoms with van der Waals surface area (Å²) in [5.41, 5.74) is 2.26. The number of nitrogens with zero attached hydrogens (tertiary/aromatic N) is 1. The van der Waals surface area contributed by atoms with Gasteiger partial charge in [0.05, 0.1) is 10.7 Å². The summed E-state index contributed by atoms with van der Waals surface area (Å²) in [6, 6.07) is 1.73. The summed E-state index contributed by atoms with van der Waals surface area (Å²) in [6.07, 6.45) is 1.41. The molecule has 0 unspecified atom stereocenters. The van der Waals surface area contributed by atoms with E-state index in [9.17, 15) is 4.79 Å². The highest BCUT2D eigenvalue weighted by atomic mass is 79.9. The first-order valence-electron chi connectivity index (χ1n) is 3.34. The number of hydrogen-bond acceptors (Lipinski definition) is 3. The van der Waals surface area contributed by atoms with E-state index in [0.717, 1.165) is 4.47 Å². The summed E-state index contributed by atoms with van der Waals surface area (Å²) in [6.45, 7) is 1.38. The fourth-order valence-corrected chi connectivity index (χ4v) is 1.22. The van der Waals surface area contributed by atoms with Crippen LogP contribution in [0.25, 0.3) is 0 Å². The van der Waals surface area contributed by atoms with E-state index >= 15 is 0 Å². The van der Waals surface area contributed by atoms with E-state index < -0.39 is 0 Å². The first-order valence-corrected chi connectivity index (χ1v) is 4.92. The summed E-state index contributed by atoms with van der Waals surface area (Å²) in [5.74, 6) is 0.327. The first-order chi connectivity index (χ1) is 6.09. The molecule has 1 heterocycles. The number of halogens is 2. The molecule has 0 spiro atoms. The van der Waals surface area contributed by atoms with Crippen molar-refractivity contribution in [2.24, 2.45) is 5.10 Å². The zero-order chi connectivity index (χ0) is 9.84. The lowest BCUT2D eigenvalue weighted by atomic mass is 10.5. The van der Waals surface area contributed by atoms with Gasteiger partial charge in [-0.3, -0.25) is 4.79 Å². The summed E-state index contributed by atoms with van der Waals surface area (Å²) in [7, 11) is 0. The van der Waals surface area contributed by atoms with Crippen molar-refractivity contribution in [3.05, 3.63) is 21.0 Å². The zero-order valence-electron chi connectivity index (χ0n) is 6.67. The summed E-state index contributed by atoms with van der Waals surface area (Å²) in [5, 5.41) is 3.64. The van der Waals surface area contributed by atoms with Gasteiger partial charge < -0.3 is 4.42 Å². The molecule has 0 fully saturated rings. The van der Waals surface area contributed by atoms with Crippen LogP contribution in [0.4, 0.5) is 0 Å². The average molecular weight is 310 g/mol. The van der Waals surface area contributed by atoms with Gasteiger partial charge in [0.2, 0.25) is 5.91 Å². The molecule has 0 aliphatic carbocycles. The Morgan fingerprint density at radius 3 is 2.85 bits per heavy atom. The largest absolute Gasteiger partial charge is 0.447 e. The van der Waals surface area contributed by atoms with Crippen molar-refractivity contribution in [3.63, 3.8) is 0 Å². The lowest BCUT2D eigenvalue weighted by Crippen LogP contribution is -2.12. The minimum atomic E-state index is -0.221. The van der Waals surface area contributed by atoms with Crippen LogP contribution >= 0.6 is 31.9 Å². The van der Waals surface area contributed by atoms with E-state index in [0.29, 0.717) is 10.4 Å². The fraction of sp³-hybridized carbons (Fsp3) is 0.143.